The van der Waals surface area contributed by atoms with E-state index < -0.39 is 0 Å². The molecule has 0 spiro atoms. The molecule has 116 valence electrons. The maximum atomic E-state index is 5.02. The smallest absolute Gasteiger partial charge is 1.00 e. The molecule has 0 aromatic carbocycles. The van der Waals surface area contributed by atoms with Crippen LogP contribution in [0.1, 0.15) is 12.1 Å². The van der Waals surface area contributed by atoms with E-state index in [2.05, 4.69) is 20.8 Å². The molecule has 0 atom stereocenters. The predicted octanol–water partition coefficient (Wildman–Crippen LogP) is -5.08. The van der Waals surface area contributed by atoms with Gasteiger partial charge in [-0.3, -0.25) is 10.4 Å². The first-order chi connectivity index (χ1) is 8.33. The number of hydrazone groups is 1. The number of pyridine rings is 1. The molecule has 0 unspecified atom stereocenters. The maximum Gasteiger partial charge on any atom is 2.00 e. The Morgan fingerprint density at radius 2 is 2.20 bits per heavy atom. The Bertz CT molecular complexity index is 371. The van der Waals surface area contributed by atoms with Crippen LogP contribution in [-0.4, -0.2) is 36.6 Å². The number of nitrogens with one attached hydrogen (secondary N) is 2. The van der Waals surface area contributed by atoms with Crippen molar-refractivity contribution in [2.24, 2.45) is 5.10 Å². The Labute approximate surface area is 150 Å². The summed E-state index contributed by atoms with van der Waals surface area (Å²) in [5, 5.41) is 7.47. The van der Waals surface area contributed by atoms with Gasteiger partial charge in [-0.15, -0.1) is 0 Å². The van der Waals surface area contributed by atoms with E-state index in [1.807, 2.05) is 18.2 Å². The van der Waals surface area contributed by atoms with Crippen LogP contribution in [-0.2, 0) is 25.2 Å². The van der Waals surface area contributed by atoms with E-state index in [1.165, 1.54) is 0 Å². The summed E-state index contributed by atoms with van der Waals surface area (Å²) in [4.78, 5) is 4.09. The Hall–Kier alpha value is -0.288. The van der Waals surface area contributed by atoms with Gasteiger partial charge in [-0.05, 0) is 30.8 Å². The van der Waals surface area contributed by atoms with Crippen molar-refractivity contribution in [2.75, 3.05) is 20.3 Å². The summed E-state index contributed by atoms with van der Waals surface area (Å²) in [6.07, 6.45) is 4.23. The molecule has 0 aliphatic carbocycles. The standard InChI is InChI=1S/C11H16N4OS.2ClH.Pd/c1-16-8-4-7-13-11(17)15-14-9-10-5-2-3-6-12-10;;;/h2-3,5-6,9H,4,7-8H2,1H3,(H2,13,15,17);2*1H;/q;;;+2/p-2/b14-9+;;;. The first kappa shape index (κ1) is 24.7. The molecule has 2 N–H and O–H groups in total. The van der Waals surface area contributed by atoms with E-state index in [4.69, 9.17) is 17.0 Å². The number of thiocarbonyl (C=S) groups is 1. The summed E-state index contributed by atoms with van der Waals surface area (Å²) >= 11 is 5.02. The second-order valence-corrected chi connectivity index (χ2v) is 3.64. The Morgan fingerprint density at radius 3 is 2.80 bits per heavy atom. The van der Waals surface area contributed by atoms with E-state index in [0.717, 1.165) is 18.7 Å². The van der Waals surface area contributed by atoms with Crippen LogP contribution in [0.4, 0.5) is 0 Å². The third kappa shape index (κ3) is 12.7. The second kappa shape index (κ2) is 16.8. The molecular weight excluding hydrogens is 414 g/mol. The van der Waals surface area contributed by atoms with E-state index in [9.17, 15) is 0 Å². The Morgan fingerprint density at radius 1 is 1.45 bits per heavy atom. The van der Waals surface area contributed by atoms with Gasteiger partial charge in [0.15, 0.2) is 5.11 Å². The van der Waals surface area contributed by atoms with Crippen LogP contribution in [0.2, 0.25) is 0 Å². The molecule has 1 aromatic heterocycles. The monoisotopic (exact) mass is 428 g/mol. The molecule has 20 heavy (non-hydrogen) atoms. The van der Waals surface area contributed by atoms with Crippen molar-refractivity contribution in [3.8, 4) is 0 Å². The quantitative estimate of drug-likeness (QED) is 0.156. The fourth-order valence-electron chi connectivity index (χ4n) is 1.07. The number of halogens is 2. The van der Waals surface area contributed by atoms with Crippen LogP contribution >= 0.6 is 12.2 Å². The summed E-state index contributed by atoms with van der Waals surface area (Å²) in [5.41, 5.74) is 3.50. The van der Waals surface area contributed by atoms with E-state index in [1.54, 1.807) is 19.5 Å². The summed E-state index contributed by atoms with van der Waals surface area (Å²) < 4.78 is 4.92. The molecule has 0 radical (unpaired) electrons. The van der Waals surface area contributed by atoms with Crippen molar-refractivity contribution in [1.82, 2.24) is 15.7 Å². The van der Waals surface area contributed by atoms with Crippen molar-refractivity contribution in [3.63, 3.8) is 0 Å². The van der Waals surface area contributed by atoms with Gasteiger partial charge in [0.1, 0.15) is 0 Å². The third-order valence-corrected chi connectivity index (χ3v) is 2.10. The van der Waals surface area contributed by atoms with Gasteiger partial charge in [0, 0.05) is 26.5 Å². The molecular formula is C11H16Cl2N4OPdS. The van der Waals surface area contributed by atoms with E-state index >= 15 is 0 Å². The number of nitrogens with zero attached hydrogens (tertiary/aromatic N) is 2. The topological polar surface area (TPSA) is 58.5 Å². The minimum Gasteiger partial charge on any atom is -1.00 e. The van der Waals surface area contributed by atoms with Crippen LogP contribution < -0.4 is 35.6 Å². The first-order valence-electron chi connectivity index (χ1n) is 5.30. The van der Waals surface area contributed by atoms with Crippen LogP contribution in [0.25, 0.3) is 0 Å². The van der Waals surface area contributed by atoms with Gasteiger partial charge < -0.3 is 34.9 Å². The summed E-state index contributed by atoms with van der Waals surface area (Å²) in [6, 6.07) is 5.61. The van der Waals surface area contributed by atoms with Crippen LogP contribution in [0.3, 0.4) is 0 Å². The van der Waals surface area contributed by atoms with Gasteiger partial charge in [-0.25, -0.2) is 0 Å². The third-order valence-electron chi connectivity index (χ3n) is 1.86. The fourth-order valence-corrected chi connectivity index (χ4v) is 1.22. The molecule has 1 heterocycles. The summed E-state index contributed by atoms with van der Waals surface area (Å²) in [6.45, 7) is 1.48. The SMILES string of the molecule is COCCCNC(=S)N/N=C/c1ccccn1.[Cl-].[Cl-].[Pd+2]. The number of ether oxygens (including phenoxy) is 1. The van der Waals surface area contributed by atoms with E-state index in [-0.39, 0.29) is 45.2 Å². The minimum absolute atomic E-state index is 0. The zero-order chi connectivity index (χ0) is 12.3. The van der Waals surface area contributed by atoms with Gasteiger partial charge in [-0.1, -0.05) is 6.07 Å². The molecule has 0 bridgehead atoms. The van der Waals surface area contributed by atoms with Gasteiger partial charge in [0.05, 0.1) is 11.9 Å². The normalized spacial score (nSPS) is 8.85. The van der Waals surface area contributed by atoms with Crippen LogP contribution in [0, 0.1) is 0 Å². The molecule has 0 fully saturated rings. The van der Waals surface area contributed by atoms with Crippen LogP contribution in [0.5, 0.6) is 0 Å². The number of hydrogen-bond acceptors (Lipinski definition) is 4. The van der Waals surface area contributed by atoms with Crippen molar-refractivity contribution >= 4 is 23.5 Å². The van der Waals surface area contributed by atoms with Gasteiger partial charge in [-0.2, -0.15) is 5.10 Å². The van der Waals surface area contributed by atoms with Gasteiger partial charge in [0.2, 0.25) is 0 Å². The predicted molar refractivity (Wildman–Crippen MR) is 72.1 cm³/mol. The molecule has 5 nitrogen and oxygen atoms in total. The largest absolute Gasteiger partial charge is 2.00 e. The molecule has 9 heteroatoms. The Balaban J connectivity index is -0.000000963. The molecule has 0 saturated carbocycles. The average molecular weight is 430 g/mol. The van der Waals surface area contributed by atoms with Gasteiger partial charge >= 0.3 is 20.4 Å². The number of hydrogen-bond donors (Lipinski definition) is 2. The second-order valence-electron chi connectivity index (χ2n) is 3.23. The first-order valence-corrected chi connectivity index (χ1v) is 5.70. The van der Waals surface area contributed by atoms with Crippen molar-refractivity contribution in [2.45, 2.75) is 6.42 Å². The van der Waals surface area contributed by atoms with Gasteiger partial charge in [0.25, 0.3) is 0 Å². The molecule has 0 aliphatic rings. The zero-order valence-corrected chi connectivity index (χ0v) is 14.7. The molecule has 0 amide bonds. The molecule has 0 saturated heterocycles. The molecule has 1 rings (SSSR count). The Kier molecular flexibility index (Phi) is 20.7. The van der Waals surface area contributed by atoms with E-state index in [0.29, 0.717) is 11.7 Å². The molecule has 1 aromatic rings. The number of methoxy groups -OCH3 is 1. The average Bonchev–Trinajstić information content (AvgIpc) is 2.36. The minimum atomic E-state index is 0. The number of rotatable bonds is 6. The number of aromatic nitrogens is 1. The van der Waals surface area contributed by atoms with Crippen LogP contribution in [0.15, 0.2) is 29.5 Å². The summed E-state index contributed by atoms with van der Waals surface area (Å²) in [5.74, 6) is 0. The fraction of sp³-hybridized carbons (Fsp3) is 0.364. The van der Waals surface area contributed by atoms with Crippen molar-refractivity contribution in [1.29, 1.82) is 0 Å². The zero-order valence-electron chi connectivity index (χ0n) is 10.8. The summed E-state index contributed by atoms with van der Waals surface area (Å²) in [7, 11) is 1.67. The van der Waals surface area contributed by atoms with Crippen molar-refractivity contribution in [3.05, 3.63) is 30.1 Å². The molecule has 0 aliphatic heterocycles. The van der Waals surface area contributed by atoms with Crippen molar-refractivity contribution < 1.29 is 50.0 Å². The maximum absolute atomic E-state index is 5.02.